The van der Waals surface area contributed by atoms with E-state index in [9.17, 15) is 4.79 Å². The Labute approximate surface area is 165 Å². The maximum Gasteiger partial charge on any atom is 0.319 e. The molecule has 0 bridgehead atoms. The zero-order chi connectivity index (χ0) is 18.9. The summed E-state index contributed by atoms with van der Waals surface area (Å²) in [5.41, 5.74) is 1.98. The Bertz CT molecular complexity index is 697. The van der Waals surface area contributed by atoms with Crippen LogP contribution in [0.4, 0.5) is 10.5 Å². The number of ether oxygens (including phenoxy) is 1. The monoisotopic (exact) mass is 387 g/mol. The Hall–Kier alpha value is -2.05. The van der Waals surface area contributed by atoms with Gasteiger partial charge in [0, 0.05) is 6.54 Å². The van der Waals surface area contributed by atoms with Crippen LogP contribution in [-0.2, 0) is 0 Å². The molecule has 1 fully saturated rings. The fourth-order valence-electron chi connectivity index (χ4n) is 3.54. The first-order chi connectivity index (χ1) is 13.3. The van der Waals surface area contributed by atoms with Crippen molar-refractivity contribution < 1.29 is 9.53 Å². The van der Waals surface area contributed by atoms with Gasteiger partial charge in [-0.25, -0.2) is 4.79 Å². The fourth-order valence-corrected chi connectivity index (χ4v) is 4.24. The highest BCUT2D eigenvalue weighted by Gasteiger charge is 2.22. The number of thiophene rings is 1. The summed E-state index contributed by atoms with van der Waals surface area (Å²) >= 11 is 1.71. The number of carbonyl (C=O) groups is 1. The van der Waals surface area contributed by atoms with Gasteiger partial charge in [0.1, 0.15) is 5.75 Å². The minimum Gasteiger partial charge on any atom is -0.492 e. The second-order valence-corrected chi connectivity index (χ2v) is 7.57. The minimum absolute atomic E-state index is 0.197. The zero-order valence-corrected chi connectivity index (χ0v) is 16.8. The molecule has 6 heteroatoms. The summed E-state index contributed by atoms with van der Waals surface area (Å²) in [6, 6.07) is 9.72. The predicted octanol–water partition coefficient (Wildman–Crippen LogP) is 4.89. The van der Waals surface area contributed by atoms with Crippen molar-refractivity contribution >= 4 is 23.1 Å². The van der Waals surface area contributed by atoms with Gasteiger partial charge in [0.15, 0.2) is 0 Å². The molecule has 2 aromatic rings. The molecule has 27 heavy (non-hydrogen) atoms. The first-order valence-electron chi connectivity index (χ1n) is 9.80. The second kappa shape index (κ2) is 10.3. The molecule has 0 radical (unpaired) electrons. The van der Waals surface area contributed by atoms with Crippen molar-refractivity contribution in [2.45, 2.75) is 38.6 Å². The highest BCUT2D eigenvalue weighted by atomic mass is 32.1. The summed E-state index contributed by atoms with van der Waals surface area (Å²) in [6.07, 6.45) is 5.06. The molecule has 1 saturated heterocycles. The van der Waals surface area contributed by atoms with E-state index in [4.69, 9.17) is 4.74 Å². The number of amides is 2. The van der Waals surface area contributed by atoms with Gasteiger partial charge in [-0.1, -0.05) is 25.0 Å². The molecule has 1 aliphatic rings. The first kappa shape index (κ1) is 19.7. The standard InChI is InChI=1S/C21H29N3O2S/c1-2-26-20-10-6-5-9-18(20)23-21(25)22-15-19(17-11-14-27-16-17)24-12-7-3-4-8-13-24/h5-6,9-11,14,16,19H,2-4,7-8,12-13,15H2,1H3,(H2,22,23,25). The molecule has 3 rings (SSSR count). The van der Waals surface area contributed by atoms with Crippen molar-refractivity contribution in [2.75, 3.05) is 31.6 Å². The molecule has 1 unspecified atom stereocenters. The Morgan fingerprint density at radius 3 is 2.67 bits per heavy atom. The van der Waals surface area contributed by atoms with Crippen LogP contribution in [0.15, 0.2) is 41.1 Å². The number of urea groups is 1. The third-order valence-corrected chi connectivity index (χ3v) is 5.60. The minimum atomic E-state index is -0.197. The summed E-state index contributed by atoms with van der Waals surface area (Å²) in [6.45, 7) is 5.28. The Balaban J connectivity index is 1.62. The molecule has 146 valence electrons. The van der Waals surface area contributed by atoms with E-state index in [1.54, 1.807) is 11.3 Å². The summed E-state index contributed by atoms with van der Waals surface area (Å²) in [4.78, 5) is 15.0. The van der Waals surface area contributed by atoms with E-state index in [0.29, 0.717) is 24.6 Å². The molecule has 1 aromatic heterocycles. The molecule has 0 aliphatic carbocycles. The van der Waals surface area contributed by atoms with E-state index in [1.165, 1.54) is 31.2 Å². The van der Waals surface area contributed by atoms with Gasteiger partial charge in [-0.2, -0.15) is 11.3 Å². The molecule has 0 spiro atoms. The van der Waals surface area contributed by atoms with Gasteiger partial charge in [0.05, 0.1) is 18.3 Å². The van der Waals surface area contributed by atoms with E-state index in [-0.39, 0.29) is 12.1 Å². The van der Waals surface area contributed by atoms with Crippen LogP contribution < -0.4 is 15.4 Å². The molecule has 2 amide bonds. The van der Waals surface area contributed by atoms with Gasteiger partial charge in [0.2, 0.25) is 0 Å². The van der Waals surface area contributed by atoms with Crippen LogP contribution in [0.3, 0.4) is 0 Å². The third-order valence-electron chi connectivity index (χ3n) is 4.90. The summed E-state index contributed by atoms with van der Waals surface area (Å²) < 4.78 is 5.58. The molecular weight excluding hydrogens is 358 g/mol. The largest absolute Gasteiger partial charge is 0.492 e. The van der Waals surface area contributed by atoms with Crippen LogP contribution >= 0.6 is 11.3 Å². The third kappa shape index (κ3) is 5.71. The van der Waals surface area contributed by atoms with Crippen molar-refractivity contribution in [3.63, 3.8) is 0 Å². The number of hydrogen-bond acceptors (Lipinski definition) is 4. The predicted molar refractivity (Wildman–Crippen MR) is 112 cm³/mol. The molecular formula is C21H29N3O2S. The molecule has 1 aromatic carbocycles. The van der Waals surface area contributed by atoms with Crippen LogP contribution in [-0.4, -0.2) is 37.2 Å². The summed E-state index contributed by atoms with van der Waals surface area (Å²) in [5, 5.41) is 10.3. The van der Waals surface area contributed by atoms with Gasteiger partial charge in [0.25, 0.3) is 0 Å². The Kier molecular flexibility index (Phi) is 7.54. The highest BCUT2D eigenvalue weighted by molar-refractivity contribution is 7.07. The lowest BCUT2D eigenvalue weighted by atomic mass is 10.1. The number of para-hydroxylation sites is 2. The molecule has 2 heterocycles. The highest BCUT2D eigenvalue weighted by Crippen LogP contribution is 2.26. The SMILES string of the molecule is CCOc1ccccc1NC(=O)NCC(c1ccsc1)N1CCCCCC1. The number of carbonyl (C=O) groups excluding carboxylic acids is 1. The lowest BCUT2D eigenvalue weighted by Gasteiger charge is -2.30. The number of likely N-dealkylation sites (tertiary alicyclic amines) is 1. The first-order valence-corrected chi connectivity index (χ1v) is 10.7. The van der Waals surface area contributed by atoms with Gasteiger partial charge >= 0.3 is 6.03 Å². The lowest BCUT2D eigenvalue weighted by Crippen LogP contribution is -2.40. The van der Waals surface area contributed by atoms with Crippen molar-refractivity contribution in [2.24, 2.45) is 0 Å². The fraction of sp³-hybridized carbons (Fsp3) is 0.476. The van der Waals surface area contributed by atoms with Gasteiger partial charge in [-0.05, 0) is 67.4 Å². The zero-order valence-electron chi connectivity index (χ0n) is 15.9. The second-order valence-electron chi connectivity index (χ2n) is 6.79. The van der Waals surface area contributed by atoms with E-state index < -0.39 is 0 Å². The van der Waals surface area contributed by atoms with Gasteiger partial charge in [-0.3, -0.25) is 4.90 Å². The maximum atomic E-state index is 12.5. The Morgan fingerprint density at radius 2 is 1.96 bits per heavy atom. The summed E-state index contributed by atoms with van der Waals surface area (Å²) in [5.74, 6) is 0.692. The summed E-state index contributed by atoms with van der Waals surface area (Å²) in [7, 11) is 0. The number of nitrogens with zero attached hydrogens (tertiary/aromatic N) is 1. The lowest BCUT2D eigenvalue weighted by molar-refractivity contribution is 0.199. The molecule has 0 saturated carbocycles. The molecule has 5 nitrogen and oxygen atoms in total. The number of rotatable bonds is 7. The van der Waals surface area contributed by atoms with Crippen molar-refractivity contribution in [1.82, 2.24) is 10.2 Å². The molecule has 1 atom stereocenters. The van der Waals surface area contributed by atoms with Gasteiger partial charge in [-0.15, -0.1) is 0 Å². The number of benzene rings is 1. The van der Waals surface area contributed by atoms with E-state index in [1.807, 2.05) is 31.2 Å². The van der Waals surface area contributed by atoms with Gasteiger partial charge < -0.3 is 15.4 Å². The van der Waals surface area contributed by atoms with E-state index in [0.717, 1.165) is 13.1 Å². The molecule has 1 aliphatic heterocycles. The average molecular weight is 388 g/mol. The average Bonchev–Trinajstić information content (AvgIpc) is 3.07. The van der Waals surface area contributed by atoms with Crippen LogP contribution in [0.1, 0.15) is 44.2 Å². The van der Waals surface area contributed by atoms with E-state index in [2.05, 4.69) is 32.4 Å². The quantitative estimate of drug-likeness (QED) is 0.711. The number of anilines is 1. The van der Waals surface area contributed by atoms with Crippen LogP contribution in [0, 0.1) is 0 Å². The van der Waals surface area contributed by atoms with Crippen LogP contribution in [0.2, 0.25) is 0 Å². The number of hydrogen-bond donors (Lipinski definition) is 2. The maximum absolute atomic E-state index is 12.5. The topological polar surface area (TPSA) is 53.6 Å². The van der Waals surface area contributed by atoms with Crippen molar-refractivity contribution in [3.05, 3.63) is 46.7 Å². The van der Waals surface area contributed by atoms with Crippen molar-refractivity contribution in [3.8, 4) is 5.75 Å². The van der Waals surface area contributed by atoms with E-state index >= 15 is 0 Å². The smallest absolute Gasteiger partial charge is 0.319 e. The Morgan fingerprint density at radius 1 is 1.19 bits per heavy atom. The van der Waals surface area contributed by atoms with Crippen LogP contribution in [0.5, 0.6) is 5.75 Å². The van der Waals surface area contributed by atoms with Crippen molar-refractivity contribution in [1.29, 1.82) is 0 Å². The van der Waals surface area contributed by atoms with Crippen LogP contribution in [0.25, 0.3) is 0 Å². The normalized spacial score (nSPS) is 16.3. The number of nitrogens with one attached hydrogen (secondary N) is 2. The molecule has 2 N–H and O–H groups in total.